The number of hydrogen-bond acceptors (Lipinski definition) is 4. The fraction of sp³-hybridized carbons (Fsp3) is 0.533. The largest absolute Gasteiger partial charge is 0.375 e. The highest BCUT2D eigenvalue weighted by molar-refractivity contribution is 5.99. The van der Waals surface area contributed by atoms with Crippen LogP contribution in [0.5, 0.6) is 0 Å². The second-order valence-corrected chi connectivity index (χ2v) is 5.48. The van der Waals surface area contributed by atoms with Crippen molar-refractivity contribution in [3.05, 3.63) is 29.2 Å². The van der Waals surface area contributed by atoms with Crippen LogP contribution in [0.3, 0.4) is 0 Å². The Morgan fingerprint density at radius 2 is 2.29 bits per heavy atom. The minimum atomic E-state index is -0.00995. The lowest BCUT2D eigenvalue weighted by Crippen LogP contribution is -2.45. The highest BCUT2D eigenvalue weighted by Gasteiger charge is 2.26. The molecule has 2 aromatic heterocycles. The van der Waals surface area contributed by atoms with E-state index in [4.69, 9.17) is 4.74 Å². The van der Waals surface area contributed by atoms with Gasteiger partial charge in [0.05, 0.1) is 18.9 Å². The van der Waals surface area contributed by atoms with Crippen LogP contribution in [-0.2, 0) is 4.74 Å². The van der Waals surface area contributed by atoms with Crippen molar-refractivity contribution in [2.45, 2.75) is 33.3 Å². The van der Waals surface area contributed by atoms with Gasteiger partial charge in [0, 0.05) is 24.5 Å². The van der Waals surface area contributed by atoms with Gasteiger partial charge in [-0.1, -0.05) is 6.92 Å². The standard InChI is InChI=1S/C15H20N4O2/c1-4-12-9-18(5-6-21-12)15(20)13-8-16-19-11(3)7-10(2)17-14(13)19/h7-8,12H,4-6,9H2,1-3H3. The van der Waals surface area contributed by atoms with Gasteiger partial charge in [0.25, 0.3) is 5.91 Å². The molecule has 1 aliphatic rings. The molecular formula is C15H20N4O2. The Kier molecular flexibility index (Phi) is 3.63. The first kappa shape index (κ1) is 14.0. The van der Waals surface area contributed by atoms with Crippen molar-refractivity contribution < 1.29 is 9.53 Å². The predicted molar refractivity (Wildman–Crippen MR) is 78.4 cm³/mol. The van der Waals surface area contributed by atoms with Crippen molar-refractivity contribution in [2.24, 2.45) is 0 Å². The summed E-state index contributed by atoms with van der Waals surface area (Å²) < 4.78 is 7.34. The molecule has 0 aromatic carbocycles. The average molecular weight is 288 g/mol. The monoisotopic (exact) mass is 288 g/mol. The van der Waals surface area contributed by atoms with Crippen molar-refractivity contribution in [2.75, 3.05) is 19.7 Å². The number of aryl methyl sites for hydroxylation is 2. The first-order chi connectivity index (χ1) is 10.1. The summed E-state index contributed by atoms with van der Waals surface area (Å²) in [6.45, 7) is 7.81. The van der Waals surface area contributed by atoms with Gasteiger partial charge in [0.2, 0.25) is 0 Å². The molecule has 0 saturated carbocycles. The SMILES string of the molecule is CCC1CN(C(=O)c2cnn3c(C)cc(C)nc23)CCO1. The fourth-order valence-electron chi connectivity index (χ4n) is 2.74. The second kappa shape index (κ2) is 5.44. The van der Waals surface area contributed by atoms with Gasteiger partial charge in [0.15, 0.2) is 5.65 Å². The molecule has 2 aromatic rings. The lowest BCUT2D eigenvalue weighted by Gasteiger charge is -2.32. The van der Waals surface area contributed by atoms with Gasteiger partial charge in [-0.05, 0) is 26.3 Å². The smallest absolute Gasteiger partial charge is 0.259 e. The Balaban J connectivity index is 1.95. The van der Waals surface area contributed by atoms with E-state index in [1.165, 1.54) is 0 Å². The molecule has 1 amide bonds. The third kappa shape index (κ3) is 2.51. The molecule has 1 aliphatic heterocycles. The molecule has 3 rings (SSSR count). The van der Waals surface area contributed by atoms with Crippen LogP contribution in [-0.4, -0.2) is 51.2 Å². The highest BCUT2D eigenvalue weighted by Crippen LogP contribution is 2.17. The Labute approximate surface area is 123 Å². The van der Waals surface area contributed by atoms with Gasteiger partial charge in [-0.25, -0.2) is 9.50 Å². The van der Waals surface area contributed by atoms with E-state index >= 15 is 0 Å². The molecule has 1 saturated heterocycles. The molecule has 0 spiro atoms. The number of morpholine rings is 1. The Morgan fingerprint density at radius 3 is 3.05 bits per heavy atom. The maximum Gasteiger partial charge on any atom is 0.259 e. The molecule has 0 N–H and O–H groups in total. The van der Waals surface area contributed by atoms with E-state index in [0.29, 0.717) is 30.9 Å². The maximum atomic E-state index is 12.7. The summed E-state index contributed by atoms with van der Waals surface area (Å²) in [6.07, 6.45) is 2.66. The lowest BCUT2D eigenvalue weighted by atomic mass is 10.2. The van der Waals surface area contributed by atoms with E-state index < -0.39 is 0 Å². The van der Waals surface area contributed by atoms with Crippen LogP contribution in [0.2, 0.25) is 0 Å². The zero-order valence-electron chi connectivity index (χ0n) is 12.7. The van der Waals surface area contributed by atoms with Crippen LogP contribution < -0.4 is 0 Å². The molecule has 6 heteroatoms. The molecule has 6 nitrogen and oxygen atoms in total. The lowest BCUT2D eigenvalue weighted by molar-refractivity contribution is -0.0225. The Morgan fingerprint density at radius 1 is 1.48 bits per heavy atom. The van der Waals surface area contributed by atoms with Crippen LogP contribution >= 0.6 is 0 Å². The molecule has 1 fully saturated rings. The highest BCUT2D eigenvalue weighted by atomic mass is 16.5. The molecule has 0 radical (unpaired) electrons. The molecule has 3 heterocycles. The Hall–Kier alpha value is -1.95. The van der Waals surface area contributed by atoms with Gasteiger partial charge in [-0.3, -0.25) is 4.79 Å². The van der Waals surface area contributed by atoms with Crippen LogP contribution in [0, 0.1) is 13.8 Å². The number of rotatable bonds is 2. The van der Waals surface area contributed by atoms with Gasteiger partial charge in [-0.2, -0.15) is 5.10 Å². The molecule has 1 atom stereocenters. The van der Waals surface area contributed by atoms with Crippen molar-refractivity contribution in [1.29, 1.82) is 0 Å². The molecule has 21 heavy (non-hydrogen) atoms. The van der Waals surface area contributed by atoms with E-state index in [9.17, 15) is 4.79 Å². The van der Waals surface area contributed by atoms with Gasteiger partial charge >= 0.3 is 0 Å². The van der Waals surface area contributed by atoms with E-state index in [-0.39, 0.29) is 12.0 Å². The molecule has 112 valence electrons. The quantitative estimate of drug-likeness (QED) is 0.842. The number of amides is 1. The summed E-state index contributed by atoms with van der Waals surface area (Å²) in [5, 5.41) is 4.29. The number of hydrogen-bond donors (Lipinski definition) is 0. The summed E-state index contributed by atoms with van der Waals surface area (Å²) in [5.74, 6) is -0.00995. The number of carbonyl (C=O) groups excluding carboxylic acids is 1. The van der Waals surface area contributed by atoms with Crippen molar-refractivity contribution >= 4 is 11.6 Å². The van der Waals surface area contributed by atoms with Crippen LogP contribution in [0.4, 0.5) is 0 Å². The zero-order chi connectivity index (χ0) is 15.0. The predicted octanol–water partition coefficient (Wildman–Crippen LogP) is 1.60. The number of aromatic nitrogens is 3. The van der Waals surface area contributed by atoms with Crippen LogP contribution in [0.15, 0.2) is 12.3 Å². The summed E-state index contributed by atoms with van der Waals surface area (Å²) >= 11 is 0. The topological polar surface area (TPSA) is 59.7 Å². The normalized spacial score (nSPS) is 19.2. The first-order valence-corrected chi connectivity index (χ1v) is 7.33. The fourth-order valence-corrected chi connectivity index (χ4v) is 2.74. The van der Waals surface area contributed by atoms with Gasteiger partial charge < -0.3 is 9.64 Å². The van der Waals surface area contributed by atoms with E-state index in [0.717, 1.165) is 17.8 Å². The van der Waals surface area contributed by atoms with Crippen molar-refractivity contribution in [3.63, 3.8) is 0 Å². The number of nitrogens with zero attached hydrogens (tertiary/aromatic N) is 4. The van der Waals surface area contributed by atoms with E-state index in [2.05, 4.69) is 17.0 Å². The van der Waals surface area contributed by atoms with Crippen LogP contribution in [0.25, 0.3) is 5.65 Å². The molecule has 0 bridgehead atoms. The van der Waals surface area contributed by atoms with E-state index in [1.54, 1.807) is 10.7 Å². The molecule has 1 unspecified atom stereocenters. The summed E-state index contributed by atoms with van der Waals surface area (Å²) in [6, 6.07) is 1.95. The minimum absolute atomic E-state index is 0.00995. The zero-order valence-corrected chi connectivity index (χ0v) is 12.7. The Bertz CT molecular complexity index is 680. The first-order valence-electron chi connectivity index (χ1n) is 7.33. The summed E-state index contributed by atoms with van der Waals surface area (Å²) in [5.41, 5.74) is 3.07. The molecule has 0 aliphatic carbocycles. The summed E-state index contributed by atoms with van der Waals surface area (Å²) in [7, 11) is 0. The maximum absolute atomic E-state index is 12.7. The number of ether oxygens (including phenoxy) is 1. The second-order valence-electron chi connectivity index (χ2n) is 5.48. The van der Waals surface area contributed by atoms with Gasteiger partial charge in [-0.15, -0.1) is 0 Å². The minimum Gasteiger partial charge on any atom is -0.375 e. The number of carbonyl (C=O) groups is 1. The summed E-state index contributed by atoms with van der Waals surface area (Å²) in [4.78, 5) is 19.1. The third-order valence-electron chi connectivity index (χ3n) is 3.89. The van der Waals surface area contributed by atoms with Crippen molar-refractivity contribution in [3.8, 4) is 0 Å². The average Bonchev–Trinajstić information content (AvgIpc) is 2.90. The van der Waals surface area contributed by atoms with E-state index in [1.807, 2.05) is 24.8 Å². The van der Waals surface area contributed by atoms with Gasteiger partial charge in [0.1, 0.15) is 5.56 Å². The molecular weight excluding hydrogens is 268 g/mol. The third-order valence-corrected chi connectivity index (χ3v) is 3.89. The van der Waals surface area contributed by atoms with Crippen molar-refractivity contribution in [1.82, 2.24) is 19.5 Å². The van der Waals surface area contributed by atoms with Crippen LogP contribution in [0.1, 0.15) is 35.1 Å². The number of fused-ring (bicyclic) bond motifs is 1.